The zero-order chi connectivity index (χ0) is 28.0. The number of carbonyl (C=O) groups is 1. The van der Waals surface area contributed by atoms with Crippen molar-refractivity contribution in [2.45, 2.75) is 17.7 Å². The van der Waals surface area contributed by atoms with Gasteiger partial charge in [-0.25, -0.2) is 0 Å². The number of hydrogen-bond donors (Lipinski definition) is 4. The molecule has 0 bridgehead atoms. The normalized spacial score (nSPS) is 12.5. The summed E-state index contributed by atoms with van der Waals surface area (Å²) in [6.45, 7) is 0. The van der Waals surface area contributed by atoms with Gasteiger partial charge in [0, 0.05) is 0 Å². The molecule has 0 amide bonds. The zero-order valence-corrected chi connectivity index (χ0v) is 22.4. The first kappa shape index (κ1) is 28.1. The Bertz CT molecular complexity index is 1420. The van der Waals surface area contributed by atoms with Crippen molar-refractivity contribution in [3.63, 3.8) is 0 Å². The van der Waals surface area contributed by atoms with Crippen molar-refractivity contribution in [1.82, 2.24) is 5.32 Å². The number of hydrogen-bond acceptors (Lipinski definition) is 5. The van der Waals surface area contributed by atoms with Crippen molar-refractivity contribution in [3.8, 4) is 22.6 Å². The maximum Gasteiger partial charge on any atom is 0.354 e. The fourth-order valence-corrected chi connectivity index (χ4v) is 5.88. The minimum Gasteiger partial charge on any atom is -0.497 e. The lowest BCUT2D eigenvalue weighted by atomic mass is 9.94. The van der Waals surface area contributed by atoms with E-state index in [4.69, 9.17) is 9.47 Å². The van der Waals surface area contributed by atoms with E-state index in [9.17, 15) is 24.3 Å². The summed E-state index contributed by atoms with van der Waals surface area (Å²) in [5.74, 6) is -0.539. The van der Waals surface area contributed by atoms with Gasteiger partial charge in [-0.1, -0.05) is 78.9 Å². The maximum absolute atomic E-state index is 13.4. The van der Waals surface area contributed by atoms with Crippen LogP contribution in [-0.4, -0.2) is 41.1 Å². The highest BCUT2D eigenvalue weighted by molar-refractivity contribution is 7.53. The van der Waals surface area contributed by atoms with Crippen LogP contribution >= 0.6 is 7.60 Å². The van der Waals surface area contributed by atoms with Gasteiger partial charge in [0.25, 0.3) is 0 Å². The smallest absolute Gasteiger partial charge is 0.354 e. The predicted molar refractivity (Wildman–Crippen MR) is 149 cm³/mol. The predicted octanol–water partition coefficient (Wildman–Crippen LogP) is 5.04. The molecule has 0 aliphatic carbocycles. The summed E-state index contributed by atoms with van der Waals surface area (Å²) in [5, 5.41) is 10.9. The van der Waals surface area contributed by atoms with Crippen LogP contribution in [0.5, 0.6) is 11.5 Å². The van der Waals surface area contributed by atoms with E-state index in [0.717, 1.165) is 11.1 Å². The zero-order valence-electron chi connectivity index (χ0n) is 21.5. The first-order valence-corrected chi connectivity index (χ1v) is 13.8. The highest BCUT2D eigenvalue weighted by atomic mass is 31.2. The van der Waals surface area contributed by atoms with Gasteiger partial charge in [-0.05, 0) is 58.5 Å². The van der Waals surface area contributed by atoms with Crippen molar-refractivity contribution < 1.29 is 33.7 Å². The number of methoxy groups -OCH3 is 2. The molecular formula is C30H30NO7P. The van der Waals surface area contributed by atoms with Gasteiger partial charge in [0.05, 0.1) is 14.2 Å². The molecule has 0 aromatic heterocycles. The number of carboxylic acids is 1. The van der Waals surface area contributed by atoms with Crippen molar-refractivity contribution in [3.05, 3.63) is 120 Å². The van der Waals surface area contributed by atoms with Crippen LogP contribution in [0.3, 0.4) is 0 Å². The number of rotatable bonds is 11. The second-order valence-electron chi connectivity index (χ2n) is 9.02. The lowest BCUT2D eigenvalue weighted by molar-refractivity contribution is -0.139. The van der Waals surface area contributed by atoms with Gasteiger partial charge < -0.3 is 24.4 Å². The van der Waals surface area contributed by atoms with E-state index in [0.29, 0.717) is 17.1 Å². The van der Waals surface area contributed by atoms with E-state index in [1.165, 1.54) is 38.5 Å². The van der Waals surface area contributed by atoms with Crippen LogP contribution in [0.15, 0.2) is 103 Å². The molecule has 0 heterocycles. The Morgan fingerprint density at radius 3 is 1.77 bits per heavy atom. The number of carboxylic acid groups (broad SMARTS) is 1. The summed E-state index contributed by atoms with van der Waals surface area (Å²) in [6, 6.07) is 28.3. The van der Waals surface area contributed by atoms with Crippen LogP contribution < -0.4 is 14.8 Å². The molecular weight excluding hydrogens is 517 g/mol. The molecule has 0 fully saturated rings. The molecule has 0 radical (unpaired) electrons. The van der Waals surface area contributed by atoms with Gasteiger partial charge in [0.2, 0.25) is 0 Å². The Morgan fingerprint density at radius 2 is 1.31 bits per heavy atom. The molecule has 0 unspecified atom stereocenters. The molecule has 4 N–H and O–H groups in total. The van der Waals surface area contributed by atoms with Crippen LogP contribution in [0.1, 0.15) is 16.7 Å². The molecule has 1 atom stereocenters. The van der Waals surface area contributed by atoms with Gasteiger partial charge in [-0.3, -0.25) is 14.7 Å². The highest BCUT2D eigenvalue weighted by Crippen LogP contribution is 2.59. The van der Waals surface area contributed by atoms with E-state index in [-0.39, 0.29) is 17.5 Å². The summed E-state index contributed by atoms with van der Waals surface area (Å²) in [5.41, 5.74) is 2.97. The van der Waals surface area contributed by atoms with Gasteiger partial charge in [0.1, 0.15) is 17.5 Å². The van der Waals surface area contributed by atoms with Crippen LogP contribution in [-0.2, 0) is 21.1 Å². The monoisotopic (exact) mass is 547 g/mol. The largest absolute Gasteiger partial charge is 0.497 e. The summed E-state index contributed by atoms with van der Waals surface area (Å²) in [6.07, 6.45) is -0.0277. The SMILES string of the molecule is COc1cccc(C(N[C@@H](Cc2ccc(-c3ccccc3)cc2)C(=O)O)(c2cccc(OC)c2)P(=O)(O)O)c1. The fourth-order valence-electron chi connectivity index (χ4n) is 4.60. The third-order valence-corrected chi connectivity index (χ3v) is 8.11. The second kappa shape index (κ2) is 11.8. The van der Waals surface area contributed by atoms with Gasteiger partial charge in [0.15, 0.2) is 5.28 Å². The number of benzene rings is 4. The quantitative estimate of drug-likeness (QED) is 0.193. The van der Waals surface area contributed by atoms with E-state index in [2.05, 4.69) is 5.32 Å². The fraction of sp³-hybridized carbons (Fsp3) is 0.167. The van der Waals surface area contributed by atoms with Crippen LogP contribution in [0.4, 0.5) is 0 Å². The highest BCUT2D eigenvalue weighted by Gasteiger charge is 2.52. The average Bonchev–Trinajstić information content (AvgIpc) is 2.95. The minimum absolute atomic E-state index is 0.0277. The van der Waals surface area contributed by atoms with E-state index in [1.807, 2.05) is 54.6 Å². The van der Waals surface area contributed by atoms with Crippen LogP contribution in [0.25, 0.3) is 11.1 Å². The van der Waals surface area contributed by atoms with E-state index >= 15 is 0 Å². The summed E-state index contributed by atoms with van der Waals surface area (Å²) in [4.78, 5) is 34.3. The lowest BCUT2D eigenvalue weighted by Gasteiger charge is -2.38. The molecule has 0 saturated carbocycles. The maximum atomic E-state index is 13.4. The molecule has 4 aromatic rings. The third kappa shape index (κ3) is 6.05. The summed E-state index contributed by atoms with van der Waals surface area (Å²) >= 11 is 0. The van der Waals surface area contributed by atoms with Crippen molar-refractivity contribution in [1.29, 1.82) is 0 Å². The van der Waals surface area contributed by atoms with Crippen LogP contribution in [0, 0.1) is 0 Å². The average molecular weight is 548 g/mol. The minimum atomic E-state index is -5.14. The second-order valence-corrected chi connectivity index (χ2v) is 10.8. The molecule has 0 aliphatic heterocycles. The topological polar surface area (TPSA) is 125 Å². The van der Waals surface area contributed by atoms with E-state index < -0.39 is 24.9 Å². The third-order valence-electron chi connectivity index (χ3n) is 6.59. The van der Waals surface area contributed by atoms with Crippen molar-refractivity contribution in [2.24, 2.45) is 0 Å². The van der Waals surface area contributed by atoms with Crippen molar-refractivity contribution >= 4 is 13.6 Å². The van der Waals surface area contributed by atoms with Gasteiger partial charge in [-0.2, -0.15) is 0 Å². The van der Waals surface area contributed by atoms with Crippen LogP contribution in [0.2, 0.25) is 0 Å². The van der Waals surface area contributed by atoms with E-state index in [1.54, 1.807) is 24.3 Å². The molecule has 202 valence electrons. The molecule has 8 nitrogen and oxygen atoms in total. The molecule has 39 heavy (non-hydrogen) atoms. The lowest BCUT2D eigenvalue weighted by Crippen LogP contribution is -2.52. The van der Waals surface area contributed by atoms with Gasteiger partial charge >= 0.3 is 13.6 Å². The molecule has 4 aromatic carbocycles. The Hall–Kier alpha value is -3.94. The molecule has 0 spiro atoms. The molecule has 0 saturated heterocycles. The standard InChI is InChI=1S/C30H30NO7P/c1-37-26-12-6-10-24(19-26)30(39(34,35)36,25-11-7-13-27(20-25)38-2)31-28(29(32)33)18-21-14-16-23(17-15-21)22-8-4-3-5-9-22/h3-17,19-20,28,31H,18H2,1-2H3,(H,32,33)(H2,34,35,36)/t28-/m0/s1. The summed E-state index contributed by atoms with van der Waals surface area (Å²) in [7, 11) is -2.26. The first-order valence-electron chi connectivity index (χ1n) is 12.2. The molecule has 0 aliphatic rings. The van der Waals surface area contributed by atoms with Crippen molar-refractivity contribution in [2.75, 3.05) is 14.2 Å². The number of aliphatic carboxylic acids is 1. The Balaban J connectivity index is 1.80. The number of nitrogens with one attached hydrogen (secondary N) is 1. The first-order chi connectivity index (χ1) is 18.7. The Labute approximate surface area is 227 Å². The summed E-state index contributed by atoms with van der Waals surface area (Å²) < 4.78 is 24.1. The molecule has 4 rings (SSSR count). The Morgan fingerprint density at radius 1 is 0.795 bits per heavy atom. The van der Waals surface area contributed by atoms with Gasteiger partial charge in [-0.15, -0.1) is 0 Å². The number of ether oxygens (including phenoxy) is 2. The molecule has 9 heteroatoms. The Kier molecular flexibility index (Phi) is 8.53.